The van der Waals surface area contributed by atoms with Crippen LogP contribution in [0.1, 0.15) is 63.5 Å². The highest BCUT2D eigenvalue weighted by Gasteiger charge is 2.53. The van der Waals surface area contributed by atoms with Gasteiger partial charge >= 0.3 is 5.97 Å². The van der Waals surface area contributed by atoms with Crippen molar-refractivity contribution in [3.05, 3.63) is 77.1 Å². The number of benzene rings is 2. The summed E-state index contributed by atoms with van der Waals surface area (Å²) in [5.74, 6) is 0.373. The number of nitrogens with two attached hydrogens (primary N) is 1. The van der Waals surface area contributed by atoms with E-state index in [1.807, 2.05) is 56.3 Å². The van der Waals surface area contributed by atoms with Crippen LogP contribution in [0.3, 0.4) is 0 Å². The molecule has 2 aliphatic heterocycles. The summed E-state index contributed by atoms with van der Waals surface area (Å²) in [5, 5.41) is 0. The molecule has 30 heavy (non-hydrogen) atoms. The van der Waals surface area contributed by atoms with Gasteiger partial charge in [-0.1, -0.05) is 55.8 Å². The Labute approximate surface area is 179 Å². The van der Waals surface area contributed by atoms with Crippen molar-refractivity contribution in [2.75, 3.05) is 5.73 Å². The van der Waals surface area contributed by atoms with Crippen molar-refractivity contribution in [1.82, 2.24) is 0 Å². The molecule has 2 atom stereocenters. The number of nitrogen functional groups attached to an aromatic ring is 1. The molecule has 4 heteroatoms. The zero-order valence-electron chi connectivity index (χ0n) is 18.1. The summed E-state index contributed by atoms with van der Waals surface area (Å²) in [7, 11) is 0. The van der Waals surface area contributed by atoms with E-state index in [2.05, 4.69) is 19.1 Å². The number of hydrogen-bond acceptors (Lipinski definition) is 4. The lowest BCUT2D eigenvalue weighted by atomic mass is 9.77. The first-order valence-electron chi connectivity index (χ1n) is 10.9. The molecular weight excluding hydrogens is 374 g/mol. The van der Waals surface area contributed by atoms with Crippen LogP contribution >= 0.6 is 0 Å². The third-order valence-corrected chi connectivity index (χ3v) is 6.34. The number of rotatable bonds is 6. The number of aryl methyl sites for hydroxylation is 1. The summed E-state index contributed by atoms with van der Waals surface area (Å²) in [5.41, 5.74) is 8.58. The molecule has 2 heterocycles. The predicted octanol–water partition coefficient (Wildman–Crippen LogP) is 5.53. The Morgan fingerprint density at radius 3 is 2.50 bits per heavy atom. The van der Waals surface area contributed by atoms with Crippen LogP contribution in [0.4, 0.5) is 5.69 Å². The summed E-state index contributed by atoms with van der Waals surface area (Å²) in [6.07, 6.45) is 4.08. The SMILES string of the molecule is CCC[C@]1(CCc2ccccc2)CC2=C(C(=O)O1)[C@H](c1cccc(N)c1)C(C)(C)O2. The van der Waals surface area contributed by atoms with Gasteiger partial charge in [0.25, 0.3) is 0 Å². The van der Waals surface area contributed by atoms with Gasteiger partial charge in [0.1, 0.15) is 17.0 Å². The minimum Gasteiger partial charge on any atom is -0.490 e. The molecule has 0 amide bonds. The third kappa shape index (κ3) is 3.83. The smallest absolute Gasteiger partial charge is 0.338 e. The molecule has 0 bridgehead atoms. The van der Waals surface area contributed by atoms with E-state index in [-0.39, 0.29) is 11.9 Å². The zero-order valence-corrected chi connectivity index (χ0v) is 18.1. The summed E-state index contributed by atoms with van der Waals surface area (Å²) in [6, 6.07) is 18.1. The Bertz CT molecular complexity index is 963. The maximum atomic E-state index is 13.3. The second-order valence-electron chi connectivity index (χ2n) is 9.13. The average molecular weight is 406 g/mol. The average Bonchev–Trinajstić information content (AvgIpc) is 2.97. The van der Waals surface area contributed by atoms with E-state index in [4.69, 9.17) is 15.2 Å². The molecule has 0 saturated heterocycles. The van der Waals surface area contributed by atoms with Gasteiger partial charge < -0.3 is 15.2 Å². The molecule has 0 saturated carbocycles. The summed E-state index contributed by atoms with van der Waals surface area (Å²) in [4.78, 5) is 13.3. The summed E-state index contributed by atoms with van der Waals surface area (Å²) < 4.78 is 12.6. The Morgan fingerprint density at radius 2 is 1.80 bits per heavy atom. The quantitative estimate of drug-likeness (QED) is 0.507. The molecular formula is C26H31NO3. The van der Waals surface area contributed by atoms with Crippen molar-refractivity contribution in [1.29, 1.82) is 0 Å². The van der Waals surface area contributed by atoms with Crippen LogP contribution in [0.15, 0.2) is 65.9 Å². The molecule has 4 rings (SSSR count). The van der Waals surface area contributed by atoms with E-state index < -0.39 is 11.2 Å². The Balaban J connectivity index is 1.65. The first-order valence-corrected chi connectivity index (χ1v) is 10.9. The van der Waals surface area contributed by atoms with Crippen LogP contribution in [0.25, 0.3) is 0 Å². The molecule has 0 fully saturated rings. The Kier molecular flexibility index (Phi) is 5.35. The van der Waals surface area contributed by atoms with Crippen molar-refractivity contribution in [2.45, 2.75) is 70.0 Å². The van der Waals surface area contributed by atoms with Crippen LogP contribution in [0.5, 0.6) is 0 Å². The van der Waals surface area contributed by atoms with Crippen molar-refractivity contribution in [2.24, 2.45) is 0 Å². The van der Waals surface area contributed by atoms with Gasteiger partial charge in [0.05, 0.1) is 11.5 Å². The van der Waals surface area contributed by atoms with Crippen LogP contribution in [-0.4, -0.2) is 17.2 Å². The minimum atomic E-state index is -0.529. The Morgan fingerprint density at radius 1 is 1.03 bits per heavy atom. The van der Waals surface area contributed by atoms with Crippen molar-refractivity contribution < 1.29 is 14.3 Å². The highest BCUT2D eigenvalue weighted by atomic mass is 16.6. The number of esters is 1. The van der Waals surface area contributed by atoms with E-state index >= 15 is 0 Å². The number of carbonyl (C=O) groups is 1. The molecule has 2 N–H and O–H groups in total. The number of hydrogen-bond donors (Lipinski definition) is 1. The molecule has 0 aromatic heterocycles. The van der Waals surface area contributed by atoms with Crippen molar-refractivity contribution >= 4 is 11.7 Å². The van der Waals surface area contributed by atoms with Gasteiger partial charge in [-0.05, 0) is 56.4 Å². The molecule has 0 unspecified atom stereocenters. The number of cyclic esters (lactones) is 1. The van der Waals surface area contributed by atoms with Gasteiger partial charge in [-0.2, -0.15) is 0 Å². The van der Waals surface area contributed by atoms with Gasteiger partial charge in [-0.25, -0.2) is 4.79 Å². The molecule has 2 aromatic carbocycles. The lowest BCUT2D eigenvalue weighted by Crippen LogP contribution is -2.40. The second kappa shape index (κ2) is 7.82. The molecule has 0 aliphatic carbocycles. The number of carbonyl (C=O) groups excluding carboxylic acids is 1. The van der Waals surface area contributed by atoms with Gasteiger partial charge in [-0.15, -0.1) is 0 Å². The third-order valence-electron chi connectivity index (χ3n) is 6.34. The first-order chi connectivity index (χ1) is 14.3. The van der Waals surface area contributed by atoms with E-state index in [0.717, 1.165) is 37.0 Å². The van der Waals surface area contributed by atoms with Crippen LogP contribution in [0, 0.1) is 0 Å². The number of anilines is 1. The highest BCUT2D eigenvalue weighted by molar-refractivity contribution is 5.93. The largest absolute Gasteiger partial charge is 0.490 e. The van der Waals surface area contributed by atoms with Gasteiger partial charge in [0, 0.05) is 12.1 Å². The standard InChI is InChI=1S/C26H31NO3/c1-4-14-26(15-13-18-9-6-5-7-10-18)17-21-22(24(28)30-26)23(25(2,3)29-21)19-11-8-12-20(27)16-19/h5-12,16,23H,4,13-15,17,27H2,1-3H3/t23-,26-/m0/s1. The maximum absolute atomic E-state index is 13.3. The van der Waals surface area contributed by atoms with Gasteiger partial charge in [0.2, 0.25) is 0 Å². The highest BCUT2D eigenvalue weighted by Crippen LogP contribution is 2.52. The zero-order chi connectivity index (χ0) is 21.4. The fraction of sp³-hybridized carbons (Fsp3) is 0.423. The lowest BCUT2D eigenvalue weighted by molar-refractivity contribution is -0.160. The van der Waals surface area contributed by atoms with E-state index in [1.54, 1.807) is 0 Å². The molecule has 2 aliphatic rings. The molecule has 4 nitrogen and oxygen atoms in total. The van der Waals surface area contributed by atoms with Gasteiger partial charge in [0.15, 0.2) is 0 Å². The second-order valence-corrected chi connectivity index (χ2v) is 9.13. The predicted molar refractivity (Wildman–Crippen MR) is 119 cm³/mol. The van der Waals surface area contributed by atoms with E-state index in [9.17, 15) is 4.79 Å². The van der Waals surface area contributed by atoms with Gasteiger partial charge in [-0.3, -0.25) is 0 Å². The lowest BCUT2D eigenvalue weighted by Gasteiger charge is -2.37. The van der Waals surface area contributed by atoms with E-state index in [1.165, 1.54) is 5.56 Å². The monoisotopic (exact) mass is 405 g/mol. The van der Waals surface area contributed by atoms with Crippen molar-refractivity contribution in [3.63, 3.8) is 0 Å². The summed E-state index contributed by atoms with van der Waals surface area (Å²) >= 11 is 0. The fourth-order valence-electron chi connectivity index (χ4n) is 5.07. The molecule has 0 radical (unpaired) electrons. The fourth-order valence-corrected chi connectivity index (χ4v) is 5.07. The summed E-state index contributed by atoms with van der Waals surface area (Å²) in [6.45, 7) is 6.22. The van der Waals surface area contributed by atoms with Crippen LogP contribution < -0.4 is 5.73 Å². The number of ether oxygens (including phenoxy) is 2. The molecule has 0 spiro atoms. The molecule has 2 aromatic rings. The van der Waals surface area contributed by atoms with Crippen LogP contribution in [-0.2, 0) is 20.7 Å². The molecule has 158 valence electrons. The normalized spacial score (nSPS) is 24.9. The van der Waals surface area contributed by atoms with Crippen LogP contribution in [0.2, 0.25) is 0 Å². The van der Waals surface area contributed by atoms with Crippen molar-refractivity contribution in [3.8, 4) is 0 Å². The first kappa shape index (κ1) is 20.5. The topological polar surface area (TPSA) is 61.5 Å². The Hall–Kier alpha value is -2.75. The minimum absolute atomic E-state index is 0.183. The maximum Gasteiger partial charge on any atom is 0.338 e. The van der Waals surface area contributed by atoms with E-state index in [0.29, 0.717) is 17.7 Å².